The smallest absolute Gasteiger partial charge is 0.270 e. The van der Waals surface area contributed by atoms with Crippen LogP contribution in [0.3, 0.4) is 0 Å². The number of amides is 2. The summed E-state index contributed by atoms with van der Waals surface area (Å²) in [7, 11) is 1.59. The number of carbonyl (C=O) groups excluding carboxylic acids is 2. The lowest BCUT2D eigenvalue weighted by Gasteiger charge is -2.12. The van der Waals surface area contributed by atoms with Crippen molar-refractivity contribution in [3.63, 3.8) is 0 Å². The number of anilines is 1. The van der Waals surface area contributed by atoms with Crippen LogP contribution in [0, 0.1) is 6.92 Å². The number of aryl methyl sites for hydroxylation is 1. The van der Waals surface area contributed by atoms with E-state index in [0.29, 0.717) is 22.3 Å². The molecule has 176 valence electrons. The lowest BCUT2D eigenvalue weighted by molar-refractivity contribution is -0.120. The first-order valence-corrected chi connectivity index (χ1v) is 11.6. The highest BCUT2D eigenvalue weighted by Crippen LogP contribution is 2.30. The molecule has 0 bridgehead atoms. The SMILES string of the molecule is COc1ccc(NCC(=O)NNC(=O)c2cc(-c3ccc(C)s3)nc3c2cnn3C(C)C)cc1. The van der Waals surface area contributed by atoms with Crippen molar-refractivity contribution in [3.05, 3.63) is 59.1 Å². The van der Waals surface area contributed by atoms with Gasteiger partial charge in [0, 0.05) is 16.6 Å². The molecule has 0 saturated heterocycles. The Kier molecular flexibility index (Phi) is 6.78. The second-order valence-corrected chi connectivity index (χ2v) is 9.26. The first-order valence-electron chi connectivity index (χ1n) is 10.8. The van der Waals surface area contributed by atoms with E-state index < -0.39 is 5.91 Å². The van der Waals surface area contributed by atoms with Crippen molar-refractivity contribution in [2.75, 3.05) is 19.0 Å². The molecule has 9 nitrogen and oxygen atoms in total. The van der Waals surface area contributed by atoms with Gasteiger partial charge in [0.05, 0.1) is 41.4 Å². The van der Waals surface area contributed by atoms with Crippen LogP contribution in [0.25, 0.3) is 21.6 Å². The average molecular weight is 479 g/mol. The predicted molar refractivity (Wildman–Crippen MR) is 133 cm³/mol. The molecular formula is C24H26N6O3S. The van der Waals surface area contributed by atoms with Crippen LogP contribution in [-0.4, -0.2) is 40.2 Å². The molecule has 4 aromatic rings. The summed E-state index contributed by atoms with van der Waals surface area (Å²) in [6, 6.07) is 13.0. The lowest BCUT2D eigenvalue weighted by Crippen LogP contribution is -2.44. The Morgan fingerprint density at radius 1 is 1.12 bits per heavy atom. The largest absolute Gasteiger partial charge is 0.497 e. The van der Waals surface area contributed by atoms with Crippen molar-refractivity contribution < 1.29 is 14.3 Å². The molecule has 0 aliphatic carbocycles. The third-order valence-corrected chi connectivity index (χ3v) is 6.18. The molecule has 2 amide bonds. The predicted octanol–water partition coefficient (Wildman–Crippen LogP) is 3.93. The van der Waals surface area contributed by atoms with E-state index in [-0.39, 0.29) is 18.5 Å². The van der Waals surface area contributed by atoms with Crippen molar-refractivity contribution in [3.8, 4) is 16.3 Å². The first kappa shape index (κ1) is 23.2. The maximum Gasteiger partial charge on any atom is 0.270 e. The summed E-state index contributed by atoms with van der Waals surface area (Å²) in [4.78, 5) is 32.2. The summed E-state index contributed by atoms with van der Waals surface area (Å²) in [6.07, 6.45) is 1.63. The van der Waals surface area contributed by atoms with Crippen molar-refractivity contribution in [2.45, 2.75) is 26.8 Å². The summed E-state index contributed by atoms with van der Waals surface area (Å²) >= 11 is 1.60. The minimum absolute atomic E-state index is 0.0105. The molecule has 0 aliphatic rings. The molecule has 10 heteroatoms. The second kappa shape index (κ2) is 9.92. The Morgan fingerprint density at radius 2 is 1.88 bits per heavy atom. The number of nitrogens with one attached hydrogen (secondary N) is 3. The zero-order valence-electron chi connectivity index (χ0n) is 19.4. The molecule has 3 heterocycles. The van der Waals surface area contributed by atoms with E-state index in [2.05, 4.69) is 21.3 Å². The van der Waals surface area contributed by atoms with Crippen LogP contribution in [0.1, 0.15) is 35.1 Å². The van der Waals surface area contributed by atoms with Crippen LogP contribution in [0.4, 0.5) is 5.69 Å². The number of ether oxygens (including phenoxy) is 1. The number of carbonyl (C=O) groups is 2. The number of hydrazine groups is 1. The van der Waals surface area contributed by atoms with Gasteiger partial charge in [-0.3, -0.25) is 20.4 Å². The molecule has 3 N–H and O–H groups in total. The van der Waals surface area contributed by atoms with Crippen LogP contribution >= 0.6 is 11.3 Å². The number of nitrogens with zero attached hydrogens (tertiary/aromatic N) is 3. The van der Waals surface area contributed by atoms with Crippen LogP contribution in [0.15, 0.2) is 48.7 Å². The van der Waals surface area contributed by atoms with Gasteiger partial charge in [0.25, 0.3) is 11.8 Å². The Hall–Kier alpha value is -3.92. The fraction of sp³-hybridized carbons (Fsp3) is 0.250. The van der Waals surface area contributed by atoms with Gasteiger partial charge in [-0.15, -0.1) is 11.3 Å². The summed E-state index contributed by atoms with van der Waals surface area (Å²) in [5.74, 6) is -0.103. The monoisotopic (exact) mass is 478 g/mol. The zero-order valence-corrected chi connectivity index (χ0v) is 20.2. The van der Waals surface area contributed by atoms with Gasteiger partial charge in [-0.1, -0.05) is 0 Å². The third kappa shape index (κ3) is 5.01. The summed E-state index contributed by atoms with van der Waals surface area (Å²) < 4.78 is 6.91. The van der Waals surface area contributed by atoms with Gasteiger partial charge in [0.1, 0.15) is 5.75 Å². The van der Waals surface area contributed by atoms with Gasteiger partial charge in [-0.2, -0.15) is 5.10 Å². The van der Waals surface area contributed by atoms with E-state index in [0.717, 1.165) is 21.2 Å². The Balaban J connectivity index is 1.50. The Labute approximate surface area is 201 Å². The Bertz CT molecular complexity index is 1330. The average Bonchev–Trinajstić information content (AvgIpc) is 3.47. The number of pyridine rings is 1. The van der Waals surface area contributed by atoms with E-state index >= 15 is 0 Å². The number of aromatic nitrogens is 3. The Morgan fingerprint density at radius 3 is 2.53 bits per heavy atom. The van der Waals surface area contributed by atoms with E-state index in [9.17, 15) is 9.59 Å². The minimum Gasteiger partial charge on any atom is -0.497 e. The number of rotatable bonds is 7. The molecular weight excluding hydrogens is 452 g/mol. The van der Waals surface area contributed by atoms with E-state index in [1.807, 2.05) is 32.9 Å². The lowest BCUT2D eigenvalue weighted by atomic mass is 10.1. The number of hydrogen-bond acceptors (Lipinski definition) is 7. The quantitative estimate of drug-likeness (QED) is 0.347. The fourth-order valence-corrected chi connectivity index (χ4v) is 4.24. The molecule has 0 saturated carbocycles. The molecule has 4 rings (SSSR count). The number of fused-ring (bicyclic) bond motifs is 1. The highest BCUT2D eigenvalue weighted by molar-refractivity contribution is 7.15. The molecule has 0 aliphatic heterocycles. The zero-order chi connectivity index (χ0) is 24.2. The van der Waals surface area contributed by atoms with Gasteiger partial charge in [-0.25, -0.2) is 9.67 Å². The summed E-state index contributed by atoms with van der Waals surface area (Å²) in [5.41, 5.74) is 7.43. The standard InChI is InChI=1S/C24H26N6O3S/c1-14(2)30-23-19(12-26-30)18(11-20(27-23)21-10-5-15(3)34-21)24(32)29-28-22(31)13-25-16-6-8-17(33-4)9-7-16/h5-12,14,25H,13H2,1-4H3,(H,28,31)(H,29,32). The van der Waals surface area contributed by atoms with Gasteiger partial charge >= 0.3 is 0 Å². The summed E-state index contributed by atoms with van der Waals surface area (Å²) in [5, 5.41) is 8.04. The number of methoxy groups -OCH3 is 1. The van der Waals surface area contributed by atoms with Crippen LogP contribution in [0.2, 0.25) is 0 Å². The summed E-state index contributed by atoms with van der Waals surface area (Å²) in [6.45, 7) is 6.02. The minimum atomic E-state index is -0.442. The third-order valence-electron chi connectivity index (χ3n) is 5.15. The number of hydrogen-bond donors (Lipinski definition) is 3. The van der Waals surface area contributed by atoms with Crippen LogP contribution in [0.5, 0.6) is 5.75 Å². The van der Waals surface area contributed by atoms with Gasteiger partial charge in [0.15, 0.2) is 5.65 Å². The molecule has 0 radical (unpaired) electrons. The number of thiophene rings is 1. The molecule has 0 unspecified atom stereocenters. The van der Waals surface area contributed by atoms with Gasteiger partial charge < -0.3 is 10.1 Å². The second-order valence-electron chi connectivity index (χ2n) is 7.97. The highest BCUT2D eigenvalue weighted by atomic mass is 32.1. The van der Waals surface area contributed by atoms with Gasteiger partial charge in [-0.05, 0) is 63.2 Å². The van der Waals surface area contributed by atoms with Crippen molar-refractivity contribution in [1.82, 2.24) is 25.6 Å². The van der Waals surface area contributed by atoms with E-state index in [1.54, 1.807) is 59.7 Å². The van der Waals surface area contributed by atoms with Crippen molar-refractivity contribution in [1.29, 1.82) is 0 Å². The van der Waals surface area contributed by atoms with E-state index in [4.69, 9.17) is 9.72 Å². The highest BCUT2D eigenvalue weighted by Gasteiger charge is 2.19. The molecule has 1 aromatic carbocycles. The first-order chi connectivity index (χ1) is 16.4. The molecule has 3 aromatic heterocycles. The molecule has 34 heavy (non-hydrogen) atoms. The van der Waals surface area contributed by atoms with Crippen molar-refractivity contribution >= 4 is 39.9 Å². The number of benzene rings is 1. The normalized spacial score (nSPS) is 11.0. The fourth-order valence-electron chi connectivity index (χ4n) is 3.41. The maximum absolute atomic E-state index is 13.1. The molecule has 0 atom stereocenters. The van der Waals surface area contributed by atoms with E-state index in [1.165, 1.54) is 0 Å². The van der Waals surface area contributed by atoms with Crippen molar-refractivity contribution in [2.24, 2.45) is 0 Å². The van der Waals surface area contributed by atoms with Crippen LogP contribution in [-0.2, 0) is 4.79 Å². The van der Waals surface area contributed by atoms with Crippen LogP contribution < -0.4 is 20.9 Å². The molecule has 0 fully saturated rings. The topological polar surface area (TPSA) is 110 Å². The van der Waals surface area contributed by atoms with Gasteiger partial charge in [0.2, 0.25) is 0 Å². The molecule has 0 spiro atoms. The maximum atomic E-state index is 13.1.